The highest BCUT2D eigenvalue weighted by molar-refractivity contribution is 5.43. The highest BCUT2D eigenvalue weighted by Gasteiger charge is 2.38. The Morgan fingerprint density at radius 3 is 2.97 bits per heavy atom. The van der Waals surface area contributed by atoms with Crippen LogP contribution in [-0.4, -0.2) is 67.8 Å². The largest absolute Gasteiger partial charge is 0.493 e. The summed E-state index contributed by atoms with van der Waals surface area (Å²) in [6, 6.07) is 9.34. The van der Waals surface area contributed by atoms with Crippen molar-refractivity contribution in [1.82, 2.24) is 14.9 Å². The van der Waals surface area contributed by atoms with Crippen LogP contribution >= 0.6 is 0 Å². The molecule has 3 aliphatic heterocycles. The van der Waals surface area contributed by atoms with Crippen LogP contribution in [0, 0.1) is 5.92 Å². The number of aromatic nitrogens is 2. The van der Waals surface area contributed by atoms with Gasteiger partial charge >= 0.3 is 0 Å². The van der Waals surface area contributed by atoms with E-state index in [-0.39, 0.29) is 0 Å². The van der Waals surface area contributed by atoms with Crippen molar-refractivity contribution >= 4 is 11.8 Å². The highest BCUT2D eigenvalue weighted by Crippen LogP contribution is 2.33. The number of anilines is 2. The summed E-state index contributed by atoms with van der Waals surface area (Å²) in [7, 11) is 4.06. The van der Waals surface area contributed by atoms with Crippen LogP contribution in [0.1, 0.15) is 24.0 Å². The zero-order valence-electron chi connectivity index (χ0n) is 17.5. The van der Waals surface area contributed by atoms with E-state index in [1.165, 1.54) is 30.5 Å². The molecule has 0 radical (unpaired) electrons. The van der Waals surface area contributed by atoms with Gasteiger partial charge in [0.25, 0.3) is 0 Å². The molecule has 2 fully saturated rings. The molecule has 0 saturated carbocycles. The smallest absolute Gasteiger partial charge is 0.227 e. The van der Waals surface area contributed by atoms with Crippen LogP contribution in [0.4, 0.5) is 11.8 Å². The molecule has 0 N–H and O–H groups in total. The highest BCUT2D eigenvalue weighted by atomic mass is 16.5. The second kappa shape index (κ2) is 7.82. The maximum atomic E-state index is 5.65. The van der Waals surface area contributed by atoms with Gasteiger partial charge < -0.3 is 14.5 Å². The summed E-state index contributed by atoms with van der Waals surface area (Å²) in [6.45, 7) is 5.29. The van der Waals surface area contributed by atoms with Gasteiger partial charge in [-0.3, -0.25) is 4.90 Å². The van der Waals surface area contributed by atoms with E-state index in [4.69, 9.17) is 9.72 Å². The Morgan fingerprint density at radius 1 is 1.17 bits per heavy atom. The Morgan fingerprint density at radius 2 is 2.07 bits per heavy atom. The van der Waals surface area contributed by atoms with E-state index in [9.17, 15) is 0 Å². The minimum absolute atomic E-state index is 0.619. The fourth-order valence-electron chi connectivity index (χ4n) is 5.10. The summed E-state index contributed by atoms with van der Waals surface area (Å²) in [5.74, 6) is 3.75. The fraction of sp³-hybridized carbons (Fsp3) is 0.565. The molecule has 1 aromatic heterocycles. The first-order chi connectivity index (χ1) is 14.2. The van der Waals surface area contributed by atoms with Crippen LogP contribution in [0.15, 0.2) is 30.5 Å². The van der Waals surface area contributed by atoms with Crippen LogP contribution in [0.25, 0.3) is 0 Å². The molecule has 0 bridgehead atoms. The van der Waals surface area contributed by atoms with Gasteiger partial charge in [0, 0.05) is 52.4 Å². The summed E-state index contributed by atoms with van der Waals surface area (Å²) < 4.78 is 5.65. The van der Waals surface area contributed by atoms with Crippen LogP contribution in [0.5, 0.6) is 5.75 Å². The predicted molar refractivity (Wildman–Crippen MR) is 116 cm³/mol. The van der Waals surface area contributed by atoms with E-state index in [0.717, 1.165) is 62.5 Å². The molecule has 2 aromatic rings. The van der Waals surface area contributed by atoms with E-state index in [1.807, 2.05) is 31.3 Å². The minimum atomic E-state index is 0.619. The predicted octanol–water partition coefficient (Wildman–Crippen LogP) is 2.62. The van der Waals surface area contributed by atoms with Gasteiger partial charge in [0.15, 0.2) is 0 Å². The van der Waals surface area contributed by atoms with Crippen molar-refractivity contribution in [1.29, 1.82) is 0 Å². The lowest BCUT2D eigenvalue weighted by molar-refractivity contribution is 0.209. The van der Waals surface area contributed by atoms with Crippen molar-refractivity contribution < 1.29 is 4.74 Å². The van der Waals surface area contributed by atoms with Gasteiger partial charge in [-0.25, -0.2) is 4.98 Å². The topological polar surface area (TPSA) is 44.7 Å². The zero-order valence-corrected chi connectivity index (χ0v) is 17.5. The first kappa shape index (κ1) is 18.7. The summed E-state index contributed by atoms with van der Waals surface area (Å²) in [6.07, 6.45) is 6.62. The molecule has 0 aliphatic carbocycles. The van der Waals surface area contributed by atoms with E-state index in [2.05, 4.69) is 33.0 Å². The van der Waals surface area contributed by atoms with Gasteiger partial charge in [-0.15, -0.1) is 0 Å². The van der Waals surface area contributed by atoms with Crippen LogP contribution in [0.3, 0.4) is 0 Å². The Kier molecular flexibility index (Phi) is 5.04. The molecule has 2 unspecified atom stereocenters. The SMILES string of the molecule is CN(C)c1ccnc(N2CCC3CCN(CCc4ccc5c(c4)CCO5)C3C2)n1. The molecule has 2 atom stereocenters. The Balaban J connectivity index is 1.24. The lowest BCUT2D eigenvalue weighted by Gasteiger charge is -2.38. The molecule has 1 aromatic carbocycles. The monoisotopic (exact) mass is 393 g/mol. The standard InChI is InChI=1S/C23H31N5O/c1-26(2)22-5-10-24-23(25-22)28-13-8-18-7-12-27(20(18)16-28)11-6-17-3-4-21-19(15-17)9-14-29-21/h3-5,10,15,18,20H,6-9,11-14,16H2,1-2H3. The molecule has 2 saturated heterocycles. The number of hydrogen-bond donors (Lipinski definition) is 0. The van der Waals surface area contributed by atoms with Crippen LogP contribution in [-0.2, 0) is 12.8 Å². The number of nitrogens with zero attached hydrogens (tertiary/aromatic N) is 5. The number of likely N-dealkylation sites (tertiary alicyclic amines) is 1. The minimum Gasteiger partial charge on any atom is -0.493 e. The Hall–Kier alpha value is -2.34. The Labute approximate surface area is 173 Å². The summed E-state index contributed by atoms with van der Waals surface area (Å²) in [4.78, 5) is 16.5. The lowest BCUT2D eigenvalue weighted by Crippen LogP contribution is -2.49. The molecule has 29 heavy (non-hydrogen) atoms. The fourth-order valence-corrected chi connectivity index (χ4v) is 5.10. The lowest BCUT2D eigenvalue weighted by atomic mass is 9.92. The molecule has 154 valence electrons. The molecular weight excluding hydrogens is 362 g/mol. The second-order valence-electron chi connectivity index (χ2n) is 8.79. The number of ether oxygens (including phenoxy) is 1. The maximum absolute atomic E-state index is 5.65. The number of piperidine rings is 1. The van der Waals surface area contributed by atoms with Gasteiger partial charge in [0.05, 0.1) is 6.61 Å². The molecule has 0 amide bonds. The third-order valence-corrected chi connectivity index (χ3v) is 6.79. The van der Waals surface area contributed by atoms with E-state index in [0.29, 0.717) is 6.04 Å². The number of hydrogen-bond acceptors (Lipinski definition) is 6. The van der Waals surface area contributed by atoms with E-state index >= 15 is 0 Å². The van der Waals surface area contributed by atoms with Crippen LogP contribution < -0.4 is 14.5 Å². The van der Waals surface area contributed by atoms with Crippen molar-refractivity contribution in [2.75, 3.05) is 56.7 Å². The number of benzene rings is 1. The van der Waals surface area contributed by atoms with Crippen molar-refractivity contribution in [3.8, 4) is 5.75 Å². The van der Waals surface area contributed by atoms with E-state index < -0.39 is 0 Å². The summed E-state index contributed by atoms with van der Waals surface area (Å²) in [5.41, 5.74) is 2.82. The van der Waals surface area contributed by atoms with Crippen molar-refractivity contribution in [3.63, 3.8) is 0 Å². The molecule has 6 heteroatoms. The first-order valence-corrected chi connectivity index (χ1v) is 10.9. The summed E-state index contributed by atoms with van der Waals surface area (Å²) in [5, 5.41) is 0. The van der Waals surface area contributed by atoms with Gasteiger partial charge in [-0.2, -0.15) is 4.98 Å². The molecular formula is C23H31N5O. The first-order valence-electron chi connectivity index (χ1n) is 10.9. The quantitative estimate of drug-likeness (QED) is 0.778. The number of fused-ring (bicyclic) bond motifs is 2. The molecule has 4 heterocycles. The average molecular weight is 394 g/mol. The maximum Gasteiger partial charge on any atom is 0.227 e. The number of rotatable bonds is 5. The Bertz CT molecular complexity index is 870. The third kappa shape index (κ3) is 3.78. The molecule has 6 nitrogen and oxygen atoms in total. The van der Waals surface area contributed by atoms with E-state index in [1.54, 1.807) is 0 Å². The van der Waals surface area contributed by atoms with Crippen molar-refractivity contribution in [3.05, 3.63) is 41.6 Å². The molecule has 0 spiro atoms. The summed E-state index contributed by atoms with van der Waals surface area (Å²) >= 11 is 0. The van der Waals surface area contributed by atoms with Gasteiger partial charge in [-0.05, 0) is 55.0 Å². The second-order valence-corrected chi connectivity index (χ2v) is 8.79. The van der Waals surface area contributed by atoms with Crippen molar-refractivity contribution in [2.45, 2.75) is 31.7 Å². The van der Waals surface area contributed by atoms with Crippen LogP contribution in [0.2, 0.25) is 0 Å². The average Bonchev–Trinajstić information content (AvgIpc) is 3.38. The van der Waals surface area contributed by atoms with Gasteiger partial charge in [-0.1, -0.05) is 12.1 Å². The third-order valence-electron chi connectivity index (χ3n) is 6.79. The molecule has 3 aliphatic rings. The molecule has 5 rings (SSSR count). The van der Waals surface area contributed by atoms with Gasteiger partial charge in [0.1, 0.15) is 11.6 Å². The van der Waals surface area contributed by atoms with Gasteiger partial charge in [0.2, 0.25) is 5.95 Å². The van der Waals surface area contributed by atoms with Crippen molar-refractivity contribution in [2.24, 2.45) is 5.92 Å². The zero-order chi connectivity index (χ0) is 19.8. The normalized spacial score (nSPS) is 23.6.